The molecular formula is C25H24F2N4O4S. The summed E-state index contributed by atoms with van der Waals surface area (Å²) in [7, 11) is -2.71. The van der Waals surface area contributed by atoms with Crippen LogP contribution in [0.3, 0.4) is 0 Å². The summed E-state index contributed by atoms with van der Waals surface area (Å²) in [5, 5.41) is 2.61. The van der Waals surface area contributed by atoms with Crippen molar-refractivity contribution in [2.75, 3.05) is 18.2 Å². The maximum atomic E-state index is 15.0. The molecule has 11 heteroatoms. The van der Waals surface area contributed by atoms with E-state index in [1.54, 1.807) is 6.07 Å². The van der Waals surface area contributed by atoms with Gasteiger partial charge in [0, 0.05) is 16.8 Å². The summed E-state index contributed by atoms with van der Waals surface area (Å²) < 4.78 is 59.7. The SMILES string of the molecule is COc1ccc(C(=O)Nc2ccc(F)c(C3(C)CS(=O)(=O)C(C)(c4ccccc4F)C(N)=N3)c2)nc1. The molecule has 2 unspecified atom stereocenters. The number of sulfone groups is 1. The number of carbonyl (C=O) groups is 1. The van der Waals surface area contributed by atoms with Crippen molar-refractivity contribution >= 4 is 27.3 Å². The van der Waals surface area contributed by atoms with Crippen molar-refractivity contribution in [1.29, 1.82) is 0 Å². The van der Waals surface area contributed by atoms with Crippen molar-refractivity contribution in [2.45, 2.75) is 24.1 Å². The Labute approximate surface area is 207 Å². The second-order valence-corrected chi connectivity index (χ2v) is 11.1. The topological polar surface area (TPSA) is 124 Å². The zero-order valence-corrected chi connectivity index (χ0v) is 20.6. The summed E-state index contributed by atoms with van der Waals surface area (Å²) in [6.45, 7) is 2.71. The fourth-order valence-corrected chi connectivity index (χ4v) is 6.33. The number of nitrogens with zero attached hydrogens (tertiary/aromatic N) is 2. The molecule has 36 heavy (non-hydrogen) atoms. The van der Waals surface area contributed by atoms with Crippen LogP contribution in [0.1, 0.15) is 35.5 Å². The van der Waals surface area contributed by atoms with Crippen molar-refractivity contribution in [3.05, 3.63) is 89.2 Å². The number of methoxy groups -OCH3 is 1. The summed E-state index contributed by atoms with van der Waals surface area (Å²) in [5.74, 6) is -2.57. The summed E-state index contributed by atoms with van der Waals surface area (Å²) in [6.07, 6.45) is 1.38. The lowest BCUT2D eigenvalue weighted by Crippen LogP contribution is -2.55. The first-order chi connectivity index (χ1) is 16.9. The largest absolute Gasteiger partial charge is 0.495 e. The number of benzene rings is 2. The fourth-order valence-electron chi connectivity index (χ4n) is 4.22. The molecule has 8 nitrogen and oxygen atoms in total. The summed E-state index contributed by atoms with van der Waals surface area (Å²) >= 11 is 0. The Morgan fingerprint density at radius 3 is 2.36 bits per heavy atom. The molecule has 4 rings (SSSR count). The van der Waals surface area contributed by atoms with E-state index in [2.05, 4.69) is 15.3 Å². The number of carbonyl (C=O) groups excluding carboxylic acids is 1. The Bertz CT molecular complexity index is 1480. The lowest BCUT2D eigenvalue weighted by Gasteiger charge is -2.40. The molecule has 1 aliphatic heterocycles. The lowest BCUT2D eigenvalue weighted by atomic mass is 9.91. The van der Waals surface area contributed by atoms with Crippen LogP contribution in [0.15, 0.2) is 65.8 Å². The number of nitrogens with two attached hydrogens (primary N) is 1. The number of anilines is 1. The third kappa shape index (κ3) is 4.19. The second-order valence-electron chi connectivity index (χ2n) is 8.78. The normalized spacial score (nSPS) is 23.0. The number of hydrogen-bond donors (Lipinski definition) is 2. The molecule has 0 aliphatic carbocycles. The zero-order chi connectivity index (χ0) is 26.3. The average Bonchev–Trinajstić information content (AvgIpc) is 2.83. The van der Waals surface area contributed by atoms with E-state index in [0.29, 0.717) is 5.75 Å². The van der Waals surface area contributed by atoms with Gasteiger partial charge < -0.3 is 15.8 Å². The van der Waals surface area contributed by atoms with Gasteiger partial charge in [-0.25, -0.2) is 22.2 Å². The van der Waals surface area contributed by atoms with Gasteiger partial charge in [-0.1, -0.05) is 18.2 Å². The third-order valence-corrected chi connectivity index (χ3v) is 8.96. The van der Waals surface area contributed by atoms with Crippen LogP contribution in [-0.4, -0.2) is 38.0 Å². The summed E-state index contributed by atoms with van der Waals surface area (Å²) in [4.78, 5) is 21.0. The Hall–Kier alpha value is -3.86. The van der Waals surface area contributed by atoms with Gasteiger partial charge in [0.1, 0.15) is 34.5 Å². The molecule has 0 saturated heterocycles. The molecule has 1 amide bonds. The number of amides is 1. The number of amidine groups is 1. The number of halogens is 2. The van der Waals surface area contributed by atoms with Gasteiger partial charge in [-0.2, -0.15) is 0 Å². The third-order valence-electron chi connectivity index (χ3n) is 6.35. The number of nitrogens with one attached hydrogen (secondary N) is 1. The number of ether oxygens (including phenoxy) is 1. The molecule has 0 fully saturated rings. The second kappa shape index (κ2) is 8.98. The van der Waals surface area contributed by atoms with E-state index in [9.17, 15) is 22.0 Å². The lowest BCUT2D eigenvalue weighted by molar-refractivity contribution is 0.102. The van der Waals surface area contributed by atoms with Crippen LogP contribution < -0.4 is 15.8 Å². The van der Waals surface area contributed by atoms with Crippen LogP contribution in [0.2, 0.25) is 0 Å². The fraction of sp³-hybridized carbons (Fsp3) is 0.240. The van der Waals surface area contributed by atoms with Crippen molar-refractivity contribution in [3.8, 4) is 5.75 Å². The van der Waals surface area contributed by atoms with Gasteiger partial charge in [-0.3, -0.25) is 9.79 Å². The Morgan fingerprint density at radius 2 is 1.75 bits per heavy atom. The molecule has 3 aromatic rings. The molecular weight excluding hydrogens is 490 g/mol. The van der Waals surface area contributed by atoms with Gasteiger partial charge >= 0.3 is 0 Å². The van der Waals surface area contributed by atoms with E-state index in [0.717, 1.165) is 12.1 Å². The average molecular weight is 515 g/mol. The maximum Gasteiger partial charge on any atom is 0.274 e. The quantitative estimate of drug-likeness (QED) is 0.537. The van der Waals surface area contributed by atoms with Crippen LogP contribution in [0.4, 0.5) is 14.5 Å². The van der Waals surface area contributed by atoms with E-state index < -0.39 is 43.4 Å². The predicted molar refractivity (Wildman–Crippen MR) is 132 cm³/mol. The van der Waals surface area contributed by atoms with Crippen molar-refractivity contribution in [3.63, 3.8) is 0 Å². The zero-order valence-electron chi connectivity index (χ0n) is 19.7. The molecule has 0 spiro atoms. The predicted octanol–water partition coefficient (Wildman–Crippen LogP) is 3.54. The molecule has 2 atom stereocenters. The number of aliphatic imine (C=N–C) groups is 1. The Kier molecular flexibility index (Phi) is 6.29. The van der Waals surface area contributed by atoms with Gasteiger partial charge in [0.15, 0.2) is 14.6 Å². The maximum absolute atomic E-state index is 15.0. The highest BCUT2D eigenvalue weighted by Crippen LogP contribution is 2.43. The first-order valence-electron chi connectivity index (χ1n) is 10.9. The summed E-state index contributed by atoms with van der Waals surface area (Å²) in [5.41, 5.74) is 4.60. The van der Waals surface area contributed by atoms with Gasteiger partial charge in [0.25, 0.3) is 5.91 Å². The van der Waals surface area contributed by atoms with Crippen molar-refractivity contribution in [1.82, 2.24) is 4.98 Å². The van der Waals surface area contributed by atoms with E-state index in [1.807, 2.05) is 0 Å². The first-order valence-corrected chi connectivity index (χ1v) is 12.5. The van der Waals surface area contributed by atoms with Crippen LogP contribution >= 0.6 is 0 Å². The number of rotatable bonds is 5. The van der Waals surface area contributed by atoms with Crippen LogP contribution in [0.5, 0.6) is 5.75 Å². The van der Waals surface area contributed by atoms with Crippen LogP contribution in [0, 0.1) is 11.6 Å². The molecule has 1 aromatic heterocycles. The van der Waals surface area contributed by atoms with Gasteiger partial charge in [-0.15, -0.1) is 0 Å². The van der Waals surface area contributed by atoms with E-state index in [1.165, 1.54) is 63.6 Å². The van der Waals surface area contributed by atoms with Crippen molar-refractivity contribution < 1.29 is 26.7 Å². The molecule has 0 saturated carbocycles. The Balaban J connectivity index is 1.72. The minimum absolute atomic E-state index is 0.0925. The van der Waals surface area contributed by atoms with Crippen LogP contribution in [-0.2, 0) is 20.1 Å². The number of hydrogen-bond acceptors (Lipinski definition) is 7. The minimum atomic E-state index is -4.18. The monoisotopic (exact) mass is 514 g/mol. The molecule has 0 bridgehead atoms. The molecule has 188 valence electrons. The minimum Gasteiger partial charge on any atom is -0.495 e. The van der Waals surface area contributed by atoms with Gasteiger partial charge in [0.05, 0.1) is 19.1 Å². The molecule has 3 N–H and O–H groups in total. The molecule has 0 radical (unpaired) electrons. The van der Waals surface area contributed by atoms with E-state index in [-0.39, 0.29) is 28.3 Å². The number of aromatic nitrogens is 1. The highest BCUT2D eigenvalue weighted by atomic mass is 32.2. The highest BCUT2D eigenvalue weighted by Gasteiger charge is 2.54. The van der Waals surface area contributed by atoms with E-state index in [4.69, 9.17) is 10.5 Å². The standard InChI is InChI=1S/C25H24F2N4O4S/c1-24(14-36(33,34)25(2,23(28)31-24)17-6-4-5-7-19(17)26)18-12-15(8-10-20(18)27)30-22(32)21-11-9-16(35-3)13-29-21/h4-13H,14H2,1-3H3,(H2,28,31)(H,30,32). The van der Waals surface area contributed by atoms with Crippen LogP contribution in [0.25, 0.3) is 0 Å². The van der Waals surface area contributed by atoms with E-state index >= 15 is 0 Å². The highest BCUT2D eigenvalue weighted by molar-refractivity contribution is 7.93. The molecule has 2 aromatic carbocycles. The smallest absolute Gasteiger partial charge is 0.274 e. The van der Waals surface area contributed by atoms with Gasteiger partial charge in [0.2, 0.25) is 0 Å². The van der Waals surface area contributed by atoms with Crippen molar-refractivity contribution in [2.24, 2.45) is 10.7 Å². The molecule has 1 aliphatic rings. The first kappa shape index (κ1) is 25.2. The van der Waals surface area contributed by atoms with Gasteiger partial charge in [-0.05, 0) is 50.2 Å². The number of pyridine rings is 1. The Morgan fingerprint density at radius 1 is 1.06 bits per heavy atom. The summed E-state index contributed by atoms with van der Waals surface area (Å²) in [6, 6.07) is 12.2. The molecule has 2 heterocycles.